The molecule has 1 heterocycles. The van der Waals surface area contributed by atoms with Crippen LogP contribution in [0.25, 0.3) is 0 Å². The number of aliphatic hydroxyl groups is 1. The molecule has 106 valence electrons. The van der Waals surface area contributed by atoms with Gasteiger partial charge in [0, 0.05) is 19.1 Å². The lowest BCUT2D eigenvalue weighted by molar-refractivity contribution is 0.243. The van der Waals surface area contributed by atoms with E-state index in [1.165, 1.54) is 6.07 Å². The third-order valence-electron chi connectivity index (χ3n) is 2.79. The van der Waals surface area contributed by atoms with Crippen molar-refractivity contribution in [2.24, 2.45) is 0 Å². The third-order valence-corrected chi connectivity index (χ3v) is 2.79. The second-order valence-electron chi connectivity index (χ2n) is 4.48. The normalized spacial score (nSPS) is 10.4. The monoisotopic (exact) mass is 274 g/mol. The summed E-state index contributed by atoms with van der Waals surface area (Å²) in [6.07, 6.45) is 1.99. The van der Waals surface area contributed by atoms with Crippen molar-refractivity contribution in [3.63, 3.8) is 0 Å². The van der Waals surface area contributed by atoms with Crippen LogP contribution in [0.4, 0.5) is 0 Å². The molecule has 0 bridgehead atoms. The van der Waals surface area contributed by atoms with Gasteiger partial charge in [0.2, 0.25) is 0 Å². The fourth-order valence-electron chi connectivity index (χ4n) is 1.83. The Morgan fingerprint density at radius 2 is 2.00 bits per heavy atom. The fraction of sp³-hybridized carbons (Fsp3) is 0.333. The van der Waals surface area contributed by atoms with Gasteiger partial charge in [0.15, 0.2) is 0 Å². The van der Waals surface area contributed by atoms with Gasteiger partial charge in [-0.15, -0.1) is 0 Å². The summed E-state index contributed by atoms with van der Waals surface area (Å²) in [7, 11) is 0. The quantitative estimate of drug-likeness (QED) is 0.750. The number of unbranched alkanes of at least 4 members (excludes halogenated alkanes) is 1. The lowest BCUT2D eigenvalue weighted by atomic mass is 10.1. The van der Waals surface area contributed by atoms with Crippen molar-refractivity contribution in [3.8, 4) is 6.01 Å². The van der Waals surface area contributed by atoms with Gasteiger partial charge in [0.25, 0.3) is 11.6 Å². The molecule has 2 aromatic rings. The van der Waals surface area contributed by atoms with Gasteiger partial charge >= 0.3 is 0 Å². The summed E-state index contributed by atoms with van der Waals surface area (Å²) in [5.41, 5.74) is 1.55. The summed E-state index contributed by atoms with van der Waals surface area (Å²) in [5.74, 6) is 0. The number of ether oxygens (including phenoxy) is 1. The maximum Gasteiger partial charge on any atom is 0.296 e. The first-order chi connectivity index (χ1) is 9.78. The van der Waals surface area contributed by atoms with Gasteiger partial charge in [0.05, 0.1) is 12.3 Å². The minimum Gasteiger partial charge on any atom is -0.465 e. The molecule has 0 amide bonds. The molecule has 0 aliphatic rings. The average molecular weight is 274 g/mol. The molecule has 0 aliphatic heterocycles. The van der Waals surface area contributed by atoms with E-state index in [-0.39, 0.29) is 18.2 Å². The minimum absolute atomic E-state index is 0.140. The van der Waals surface area contributed by atoms with E-state index >= 15 is 0 Å². The van der Waals surface area contributed by atoms with Crippen molar-refractivity contribution in [2.45, 2.75) is 19.3 Å². The van der Waals surface area contributed by atoms with Crippen LogP contribution in [0.2, 0.25) is 0 Å². The van der Waals surface area contributed by atoms with Crippen LogP contribution in [-0.2, 0) is 6.42 Å². The van der Waals surface area contributed by atoms with E-state index in [9.17, 15) is 4.79 Å². The first-order valence-corrected chi connectivity index (χ1v) is 6.66. The molecule has 0 unspecified atom stereocenters. The number of benzene rings is 1. The Bertz CT molecular complexity index is 581. The molecule has 2 N–H and O–H groups in total. The Morgan fingerprint density at radius 3 is 2.75 bits per heavy atom. The Hall–Kier alpha value is -2.14. The maximum absolute atomic E-state index is 11.6. The molecule has 2 rings (SSSR count). The van der Waals surface area contributed by atoms with Crippen LogP contribution in [0, 0.1) is 0 Å². The summed E-state index contributed by atoms with van der Waals surface area (Å²) in [6, 6.07) is 11.6. The molecule has 0 atom stereocenters. The van der Waals surface area contributed by atoms with Crippen LogP contribution in [0.1, 0.15) is 24.1 Å². The molecule has 5 nitrogen and oxygen atoms in total. The van der Waals surface area contributed by atoms with E-state index in [4.69, 9.17) is 9.84 Å². The van der Waals surface area contributed by atoms with Gasteiger partial charge in [-0.05, 0) is 18.4 Å². The second kappa shape index (κ2) is 7.45. The highest BCUT2D eigenvalue weighted by atomic mass is 16.5. The first-order valence-electron chi connectivity index (χ1n) is 6.66. The van der Waals surface area contributed by atoms with E-state index in [1.807, 2.05) is 30.3 Å². The summed E-state index contributed by atoms with van der Waals surface area (Å²) in [6.45, 7) is 0.569. The number of aromatic amines is 1. The van der Waals surface area contributed by atoms with Crippen molar-refractivity contribution in [2.75, 3.05) is 13.2 Å². The molecule has 1 aromatic carbocycles. The van der Waals surface area contributed by atoms with Crippen molar-refractivity contribution >= 4 is 0 Å². The molecule has 0 spiro atoms. The molecular formula is C15H18N2O3. The third kappa shape index (κ3) is 4.51. The first kappa shape index (κ1) is 14.3. The Kier molecular flexibility index (Phi) is 5.32. The number of hydrogen-bond acceptors (Lipinski definition) is 4. The summed E-state index contributed by atoms with van der Waals surface area (Å²) < 4.78 is 5.39. The van der Waals surface area contributed by atoms with Crippen LogP contribution in [0.3, 0.4) is 0 Å². The van der Waals surface area contributed by atoms with Gasteiger partial charge in [-0.25, -0.2) is 4.98 Å². The second-order valence-corrected chi connectivity index (χ2v) is 4.48. The molecule has 0 saturated heterocycles. The predicted octanol–water partition coefficient (Wildman–Crippen LogP) is 1.51. The maximum atomic E-state index is 11.6. The van der Waals surface area contributed by atoms with Crippen LogP contribution in [0.5, 0.6) is 6.01 Å². The van der Waals surface area contributed by atoms with Gasteiger partial charge in [0.1, 0.15) is 0 Å². The molecular weight excluding hydrogens is 256 g/mol. The zero-order valence-electron chi connectivity index (χ0n) is 11.2. The van der Waals surface area contributed by atoms with E-state index < -0.39 is 0 Å². The van der Waals surface area contributed by atoms with Gasteiger partial charge in [-0.3, -0.25) is 9.78 Å². The molecule has 0 aliphatic carbocycles. The van der Waals surface area contributed by atoms with Crippen LogP contribution in [-0.4, -0.2) is 28.3 Å². The van der Waals surface area contributed by atoms with Crippen LogP contribution < -0.4 is 10.3 Å². The Labute approximate surface area is 117 Å². The van der Waals surface area contributed by atoms with E-state index in [1.54, 1.807) is 0 Å². The topological polar surface area (TPSA) is 75.2 Å². The van der Waals surface area contributed by atoms with Crippen molar-refractivity contribution < 1.29 is 9.84 Å². The van der Waals surface area contributed by atoms with Gasteiger partial charge in [-0.1, -0.05) is 30.3 Å². The largest absolute Gasteiger partial charge is 0.465 e. The summed E-state index contributed by atoms with van der Waals surface area (Å²) in [5, 5.41) is 8.69. The van der Waals surface area contributed by atoms with E-state index in [0.717, 1.165) is 12.0 Å². The van der Waals surface area contributed by atoms with Crippen molar-refractivity contribution in [1.82, 2.24) is 9.97 Å². The fourth-order valence-corrected chi connectivity index (χ4v) is 1.83. The molecule has 20 heavy (non-hydrogen) atoms. The molecule has 0 fully saturated rings. The van der Waals surface area contributed by atoms with Gasteiger partial charge < -0.3 is 9.84 Å². The Morgan fingerprint density at radius 1 is 1.20 bits per heavy atom. The van der Waals surface area contributed by atoms with E-state index in [2.05, 4.69) is 9.97 Å². The van der Waals surface area contributed by atoms with Crippen molar-refractivity contribution in [3.05, 3.63) is 58.0 Å². The van der Waals surface area contributed by atoms with E-state index in [0.29, 0.717) is 25.1 Å². The van der Waals surface area contributed by atoms with Crippen LogP contribution >= 0.6 is 0 Å². The number of H-pyrrole nitrogens is 1. The highest BCUT2D eigenvalue weighted by Gasteiger charge is 2.03. The summed E-state index contributed by atoms with van der Waals surface area (Å²) >= 11 is 0. The molecule has 5 heteroatoms. The zero-order valence-corrected chi connectivity index (χ0v) is 11.2. The number of rotatable bonds is 7. The van der Waals surface area contributed by atoms with Gasteiger partial charge in [-0.2, -0.15) is 0 Å². The molecule has 0 saturated carbocycles. The van der Waals surface area contributed by atoms with Crippen LogP contribution in [0.15, 0.2) is 41.2 Å². The van der Waals surface area contributed by atoms with Crippen molar-refractivity contribution in [1.29, 1.82) is 0 Å². The minimum atomic E-state index is -0.219. The number of nitrogens with zero attached hydrogens (tertiary/aromatic N) is 1. The number of nitrogens with one attached hydrogen (secondary N) is 1. The lowest BCUT2D eigenvalue weighted by Crippen LogP contribution is -2.12. The number of hydrogen-bond donors (Lipinski definition) is 2. The smallest absolute Gasteiger partial charge is 0.296 e. The standard InChI is InChI=1S/C15H18N2O3/c18-8-4-5-9-20-15-16-13(11-14(19)17-15)10-12-6-2-1-3-7-12/h1-3,6-7,11,18H,4-5,8-10H2,(H,16,17,19). The predicted molar refractivity (Wildman–Crippen MR) is 75.9 cm³/mol. The Balaban J connectivity index is 2.03. The lowest BCUT2D eigenvalue weighted by Gasteiger charge is -2.06. The summed E-state index contributed by atoms with van der Waals surface area (Å²) in [4.78, 5) is 18.4. The number of aliphatic hydroxyl groups excluding tert-OH is 1. The molecule has 0 radical (unpaired) electrons. The SMILES string of the molecule is O=c1cc(Cc2ccccc2)nc(OCCCCO)[nH]1. The zero-order chi connectivity index (χ0) is 14.2. The molecule has 1 aromatic heterocycles. The number of aromatic nitrogens is 2. The average Bonchev–Trinajstić information content (AvgIpc) is 2.44. The highest BCUT2D eigenvalue weighted by Crippen LogP contribution is 2.08. The highest BCUT2D eigenvalue weighted by molar-refractivity contribution is 5.21.